The fourth-order valence-corrected chi connectivity index (χ4v) is 0. The molecule has 72 valence electrons. The smallest absolute Gasteiger partial charge is 0.00578 e. The van der Waals surface area contributed by atoms with Gasteiger partial charge in [0.15, 0.2) is 0 Å². The summed E-state index contributed by atoms with van der Waals surface area (Å²) in [6, 6.07) is 0. The molecule has 0 aromatic heterocycles. The lowest BCUT2D eigenvalue weighted by atomic mass is 10.5. The molecule has 0 N–H and O–H groups in total. The average Bonchev–Trinajstić information content (AvgIpc) is 1.88. The Morgan fingerprint density at radius 2 is 0.833 bits per heavy atom. The fraction of sp³-hybridized carbons (Fsp3) is 0.600. The summed E-state index contributed by atoms with van der Waals surface area (Å²) < 4.78 is 0. The van der Waals surface area contributed by atoms with E-state index < -0.39 is 0 Å². The molecule has 0 aliphatic rings. The largest absolute Gasteiger partial charge is 0.382 e. The summed E-state index contributed by atoms with van der Waals surface area (Å²) in [5.74, 6) is 0. The SMILES string of the molecule is C=C(C)N(C)C.C=C(C)N(C)C. The van der Waals surface area contributed by atoms with Crippen LogP contribution in [0.5, 0.6) is 0 Å². The highest BCUT2D eigenvalue weighted by molar-refractivity contribution is 4.83. The predicted octanol–water partition coefficient (Wildman–Crippen LogP) is 2.16. The second kappa shape index (κ2) is 6.77. The van der Waals surface area contributed by atoms with Gasteiger partial charge < -0.3 is 9.80 Å². The Morgan fingerprint density at radius 3 is 0.833 bits per heavy atom. The third kappa shape index (κ3) is 11.8. The number of nitrogens with zero attached hydrogens (tertiary/aromatic N) is 2. The highest BCUT2D eigenvalue weighted by atomic mass is 15.1. The first kappa shape index (κ1) is 13.7. The van der Waals surface area contributed by atoms with Crippen LogP contribution in [0.4, 0.5) is 0 Å². The van der Waals surface area contributed by atoms with Crippen molar-refractivity contribution in [1.82, 2.24) is 9.80 Å². The van der Waals surface area contributed by atoms with Gasteiger partial charge in [-0.2, -0.15) is 0 Å². The summed E-state index contributed by atoms with van der Waals surface area (Å²) >= 11 is 0. The second-order valence-corrected chi connectivity index (χ2v) is 3.26. The second-order valence-electron chi connectivity index (χ2n) is 3.26. The van der Waals surface area contributed by atoms with Crippen molar-refractivity contribution in [2.45, 2.75) is 13.8 Å². The number of allylic oxidation sites excluding steroid dienone is 2. The Labute approximate surface area is 77.2 Å². The van der Waals surface area contributed by atoms with Gasteiger partial charge in [0, 0.05) is 39.6 Å². The van der Waals surface area contributed by atoms with Gasteiger partial charge in [0.2, 0.25) is 0 Å². The topological polar surface area (TPSA) is 6.48 Å². The first-order chi connectivity index (χ1) is 5.29. The van der Waals surface area contributed by atoms with Crippen LogP contribution in [0.1, 0.15) is 13.8 Å². The van der Waals surface area contributed by atoms with Gasteiger partial charge in [0.1, 0.15) is 0 Å². The van der Waals surface area contributed by atoms with Crippen molar-refractivity contribution in [2.75, 3.05) is 28.2 Å². The zero-order chi connectivity index (χ0) is 10.3. The minimum atomic E-state index is 1.09. The molecule has 0 aliphatic heterocycles. The summed E-state index contributed by atoms with van der Waals surface area (Å²) in [4.78, 5) is 3.94. The van der Waals surface area contributed by atoms with Crippen LogP contribution in [-0.4, -0.2) is 38.0 Å². The van der Waals surface area contributed by atoms with E-state index >= 15 is 0 Å². The van der Waals surface area contributed by atoms with Gasteiger partial charge >= 0.3 is 0 Å². The molecule has 0 atom stereocenters. The van der Waals surface area contributed by atoms with Crippen LogP contribution in [-0.2, 0) is 0 Å². The maximum absolute atomic E-state index is 3.68. The van der Waals surface area contributed by atoms with Gasteiger partial charge in [-0.15, -0.1) is 0 Å². The lowest BCUT2D eigenvalue weighted by Gasteiger charge is -2.08. The Bertz CT molecular complexity index is 128. The lowest BCUT2D eigenvalue weighted by Crippen LogP contribution is -2.05. The molecule has 12 heavy (non-hydrogen) atoms. The van der Waals surface area contributed by atoms with E-state index in [1.54, 1.807) is 0 Å². The monoisotopic (exact) mass is 170 g/mol. The molecule has 0 aromatic rings. The van der Waals surface area contributed by atoms with Crippen molar-refractivity contribution in [3.63, 3.8) is 0 Å². The Morgan fingerprint density at radius 1 is 0.750 bits per heavy atom. The first-order valence-corrected chi connectivity index (χ1v) is 3.94. The molecular weight excluding hydrogens is 148 g/mol. The number of hydrogen-bond donors (Lipinski definition) is 0. The molecule has 0 heterocycles. The van der Waals surface area contributed by atoms with Crippen LogP contribution in [0, 0.1) is 0 Å². The van der Waals surface area contributed by atoms with Crippen LogP contribution in [0.25, 0.3) is 0 Å². The highest BCUT2D eigenvalue weighted by Gasteiger charge is 1.79. The maximum atomic E-state index is 3.68. The van der Waals surface area contributed by atoms with Gasteiger partial charge in [-0.3, -0.25) is 0 Å². The highest BCUT2D eigenvalue weighted by Crippen LogP contribution is 1.87. The summed E-state index contributed by atoms with van der Waals surface area (Å²) in [5.41, 5.74) is 2.19. The Hall–Kier alpha value is -0.920. The summed E-state index contributed by atoms with van der Waals surface area (Å²) in [7, 11) is 7.90. The normalized spacial score (nSPS) is 7.83. The summed E-state index contributed by atoms with van der Waals surface area (Å²) in [5, 5.41) is 0. The average molecular weight is 170 g/mol. The molecule has 2 nitrogen and oxygen atoms in total. The van der Waals surface area contributed by atoms with E-state index in [0.29, 0.717) is 0 Å². The van der Waals surface area contributed by atoms with Crippen LogP contribution in [0.15, 0.2) is 24.6 Å². The van der Waals surface area contributed by atoms with Crippen molar-refractivity contribution in [2.24, 2.45) is 0 Å². The molecular formula is C10H22N2. The molecule has 0 radical (unpaired) electrons. The zero-order valence-electron chi connectivity index (χ0n) is 9.31. The standard InChI is InChI=1S/2C5H11N/c2*1-5(2)6(3)4/h2*1H2,2-4H3. The molecule has 0 saturated heterocycles. The van der Waals surface area contributed by atoms with Crippen molar-refractivity contribution in [3.05, 3.63) is 24.6 Å². The van der Waals surface area contributed by atoms with E-state index in [-0.39, 0.29) is 0 Å². The molecule has 2 heteroatoms. The van der Waals surface area contributed by atoms with Crippen molar-refractivity contribution < 1.29 is 0 Å². The van der Waals surface area contributed by atoms with E-state index in [1.165, 1.54) is 0 Å². The minimum Gasteiger partial charge on any atom is -0.382 e. The molecule has 0 amide bonds. The van der Waals surface area contributed by atoms with Crippen molar-refractivity contribution in [1.29, 1.82) is 0 Å². The van der Waals surface area contributed by atoms with E-state index in [0.717, 1.165) is 11.4 Å². The molecule has 0 spiro atoms. The summed E-state index contributed by atoms with van der Waals surface area (Å²) in [6.07, 6.45) is 0. The third-order valence-electron chi connectivity index (χ3n) is 1.53. The zero-order valence-corrected chi connectivity index (χ0v) is 9.31. The van der Waals surface area contributed by atoms with Crippen LogP contribution < -0.4 is 0 Å². The molecule has 0 aliphatic carbocycles. The molecule has 0 fully saturated rings. The molecule has 0 bridgehead atoms. The van der Waals surface area contributed by atoms with Crippen LogP contribution in [0.2, 0.25) is 0 Å². The molecule has 0 saturated carbocycles. The fourth-order valence-electron chi connectivity index (χ4n) is 0. The van der Waals surface area contributed by atoms with Crippen LogP contribution >= 0.6 is 0 Å². The maximum Gasteiger partial charge on any atom is 0.00578 e. The van der Waals surface area contributed by atoms with Crippen molar-refractivity contribution >= 4 is 0 Å². The number of hydrogen-bond acceptors (Lipinski definition) is 2. The quantitative estimate of drug-likeness (QED) is 0.626. The van der Waals surface area contributed by atoms with Gasteiger partial charge in [-0.05, 0) is 13.8 Å². The Balaban J connectivity index is 0. The van der Waals surface area contributed by atoms with E-state index in [9.17, 15) is 0 Å². The van der Waals surface area contributed by atoms with Gasteiger partial charge in [0.05, 0.1) is 0 Å². The molecule has 0 aromatic carbocycles. The van der Waals surface area contributed by atoms with Gasteiger partial charge in [0.25, 0.3) is 0 Å². The first-order valence-electron chi connectivity index (χ1n) is 3.94. The number of rotatable bonds is 2. The van der Waals surface area contributed by atoms with Gasteiger partial charge in [-0.25, -0.2) is 0 Å². The predicted molar refractivity (Wildman–Crippen MR) is 57.0 cm³/mol. The van der Waals surface area contributed by atoms with Crippen molar-refractivity contribution in [3.8, 4) is 0 Å². The third-order valence-corrected chi connectivity index (χ3v) is 1.53. The lowest BCUT2D eigenvalue weighted by molar-refractivity contribution is 0.516. The summed E-state index contributed by atoms with van der Waals surface area (Å²) in [6.45, 7) is 11.3. The minimum absolute atomic E-state index is 1.09. The van der Waals surface area contributed by atoms with Gasteiger partial charge in [-0.1, -0.05) is 13.2 Å². The van der Waals surface area contributed by atoms with E-state index in [1.807, 2.05) is 51.8 Å². The van der Waals surface area contributed by atoms with E-state index in [4.69, 9.17) is 0 Å². The molecule has 0 rings (SSSR count). The van der Waals surface area contributed by atoms with Crippen LogP contribution in [0.3, 0.4) is 0 Å². The molecule has 0 unspecified atom stereocenters. The van der Waals surface area contributed by atoms with E-state index in [2.05, 4.69) is 13.2 Å². The Kier molecular flexibility index (Phi) is 7.70.